The molecule has 0 spiro atoms. The Morgan fingerprint density at radius 2 is 2.31 bits per heavy atom. The van der Waals surface area contributed by atoms with Gasteiger partial charge in [-0.05, 0) is 6.92 Å². The van der Waals surface area contributed by atoms with Gasteiger partial charge in [0.15, 0.2) is 6.79 Å². The van der Waals surface area contributed by atoms with E-state index in [1.54, 1.807) is 6.92 Å². The number of ether oxygens (including phenoxy) is 3. The van der Waals surface area contributed by atoms with Gasteiger partial charge in [0, 0.05) is 17.2 Å². The molecule has 0 radical (unpaired) electrons. The second-order valence-electron chi connectivity index (χ2n) is 3.41. The number of hydrogen-bond donors (Lipinski definition) is 0. The molecule has 0 amide bonds. The van der Waals surface area contributed by atoms with Crippen LogP contribution in [0.3, 0.4) is 0 Å². The first-order valence-electron chi connectivity index (χ1n) is 4.70. The van der Waals surface area contributed by atoms with Crippen LogP contribution >= 0.6 is 0 Å². The lowest BCUT2D eigenvalue weighted by Gasteiger charge is -2.20. The molecule has 16 heavy (non-hydrogen) atoms. The van der Waals surface area contributed by atoms with Crippen molar-refractivity contribution in [3.05, 3.63) is 27.3 Å². The highest BCUT2D eigenvalue weighted by molar-refractivity contribution is 5.61. The Bertz CT molecular complexity index is 443. The van der Waals surface area contributed by atoms with Gasteiger partial charge in [-0.15, -0.1) is 0 Å². The Hall–Kier alpha value is -1.82. The van der Waals surface area contributed by atoms with Gasteiger partial charge in [0.05, 0.1) is 18.6 Å². The van der Waals surface area contributed by atoms with Crippen molar-refractivity contribution < 1.29 is 19.1 Å². The van der Waals surface area contributed by atoms with Crippen LogP contribution in [0.5, 0.6) is 11.5 Å². The van der Waals surface area contributed by atoms with E-state index in [0.29, 0.717) is 23.5 Å². The number of nitro benzene ring substituents is 1. The van der Waals surface area contributed by atoms with Gasteiger partial charge in [-0.25, -0.2) is 0 Å². The van der Waals surface area contributed by atoms with Crippen molar-refractivity contribution in [3.63, 3.8) is 0 Å². The fraction of sp³-hybridized carbons (Fsp3) is 0.400. The lowest BCUT2D eigenvalue weighted by molar-refractivity contribution is -0.385. The third-order valence-corrected chi connectivity index (χ3v) is 2.46. The molecule has 0 bridgehead atoms. The normalized spacial score (nSPS) is 13.9. The number of benzene rings is 1. The predicted octanol–water partition coefficient (Wildman–Crippen LogP) is 1.78. The average molecular weight is 225 g/mol. The number of rotatable bonds is 2. The molecule has 1 aromatic rings. The molecule has 1 aliphatic heterocycles. The zero-order chi connectivity index (χ0) is 11.7. The summed E-state index contributed by atoms with van der Waals surface area (Å²) in [6, 6.07) is 1.43. The Labute approximate surface area is 91.9 Å². The van der Waals surface area contributed by atoms with Crippen LogP contribution in [-0.4, -0.2) is 18.8 Å². The lowest BCUT2D eigenvalue weighted by Crippen LogP contribution is -2.13. The van der Waals surface area contributed by atoms with Crippen LogP contribution in [0.2, 0.25) is 0 Å². The molecule has 0 saturated heterocycles. The summed E-state index contributed by atoms with van der Waals surface area (Å²) in [5.41, 5.74) is 1.25. The van der Waals surface area contributed by atoms with Crippen LogP contribution in [-0.2, 0) is 11.3 Å². The molecule has 6 nitrogen and oxygen atoms in total. The maximum Gasteiger partial charge on any atom is 0.311 e. The number of fused-ring (bicyclic) bond motifs is 1. The van der Waals surface area contributed by atoms with Gasteiger partial charge < -0.3 is 14.2 Å². The molecule has 0 fully saturated rings. The maximum absolute atomic E-state index is 10.9. The van der Waals surface area contributed by atoms with E-state index in [1.165, 1.54) is 13.2 Å². The van der Waals surface area contributed by atoms with Crippen LogP contribution < -0.4 is 9.47 Å². The molecule has 2 rings (SSSR count). The molecule has 1 aromatic carbocycles. The van der Waals surface area contributed by atoms with E-state index in [9.17, 15) is 10.1 Å². The zero-order valence-corrected chi connectivity index (χ0v) is 8.98. The molecule has 1 aliphatic rings. The van der Waals surface area contributed by atoms with E-state index < -0.39 is 4.92 Å². The van der Waals surface area contributed by atoms with E-state index in [2.05, 4.69) is 0 Å². The van der Waals surface area contributed by atoms with E-state index in [-0.39, 0.29) is 18.2 Å². The largest absolute Gasteiger partial charge is 0.490 e. The van der Waals surface area contributed by atoms with Gasteiger partial charge in [-0.3, -0.25) is 10.1 Å². The second-order valence-corrected chi connectivity index (χ2v) is 3.41. The van der Waals surface area contributed by atoms with Crippen LogP contribution in [0.15, 0.2) is 6.07 Å². The molecule has 0 unspecified atom stereocenters. The zero-order valence-electron chi connectivity index (χ0n) is 8.98. The first-order valence-corrected chi connectivity index (χ1v) is 4.70. The number of nitro groups is 1. The van der Waals surface area contributed by atoms with Gasteiger partial charge in [-0.2, -0.15) is 0 Å². The van der Waals surface area contributed by atoms with Gasteiger partial charge in [-0.1, -0.05) is 0 Å². The van der Waals surface area contributed by atoms with Crippen molar-refractivity contribution in [2.24, 2.45) is 0 Å². The van der Waals surface area contributed by atoms with Crippen molar-refractivity contribution in [2.75, 3.05) is 13.9 Å². The predicted molar refractivity (Wildman–Crippen MR) is 54.7 cm³/mol. The van der Waals surface area contributed by atoms with Crippen molar-refractivity contribution in [3.8, 4) is 11.5 Å². The molecule has 6 heteroatoms. The monoisotopic (exact) mass is 225 g/mol. The van der Waals surface area contributed by atoms with E-state index >= 15 is 0 Å². The lowest BCUT2D eigenvalue weighted by atomic mass is 10.1. The first-order chi connectivity index (χ1) is 7.65. The fourth-order valence-corrected chi connectivity index (χ4v) is 1.79. The Morgan fingerprint density at radius 3 is 2.94 bits per heavy atom. The van der Waals surface area contributed by atoms with Crippen LogP contribution in [0.4, 0.5) is 5.69 Å². The molecule has 0 aromatic heterocycles. The number of methoxy groups -OCH3 is 1. The minimum Gasteiger partial charge on any atom is -0.490 e. The molecular weight excluding hydrogens is 214 g/mol. The first kappa shape index (κ1) is 10.7. The SMILES string of the molecule is COc1c([N+](=O)[O-])cc2c(c1C)OCOC2. The molecule has 86 valence electrons. The van der Waals surface area contributed by atoms with E-state index in [0.717, 1.165) is 0 Å². The summed E-state index contributed by atoms with van der Waals surface area (Å²) in [4.78, 5) is 10.4. The minimum atomic E-state index is -0.472. The van der Waals surface area contributed by atoms with Crippen molar-refractivity contribution in [1.82, 2.24) is 0 Å². The molecule has 0 N–H and O–H groups in total. The third-order valence-electron chi connectivity index (χ3n) is 2.46. The average Bonchev–Trinajstić information content (AvgIpc) is 2.29. The van der Waals surface area contributed by atoms with Crippen LogP contribution in [0, 0.1) is 17.0 Å². The summed E-state index contributed by atoms with van der Waals surface area (Å²) >= 11 is 0. The van der Waals surface area contributed by atoms with Crippen LogP contribution in [0.1, 0.15) is 11.1 Å². The fourth-order valence-electron chi connectivity index (χ4n) is 1.79. The maximum atomic E-state index is 10.9. The highest BCUT2D eigenvalue weighted by atomic mass is 16.7. The van der Waals surface area contributed by atoms with Crippen molar-refractivity contribution in [2.45, 2.75) is 13.5 Å². The molecule has 1 heterocycles. The molecular formula is C10H11NO5. The molecule has 0 aliphatic carbocycles. The molecule has 0 atom stereocenters. The smallest absolute Gasteiger partial charge is 0.311 e. The topological polar surface area (TPSA) is 70.8 Å². The van der Waals surface area contributed by atoms with Gasteiger partial charge in [0.25, 0.3) is 0 Å². The molecule has 0 saturated carbocycles. The Balaban J connectivity index is 2.64. The summed E-state index contributed by atoms with van der Waals surface area (Å²) in [6.07, 6.45) is 0. The van der Waals surface area contributed by atoms with E-state index in [4.69, 9.17) is 14.2 Å². The summed E-state index contributed by atoms with van der Waals surface area (Å²) in [6.45, 7) is 2.21. The minimum absolute atomic E-state index is 0.0622. The van der Waals surface area contributed by atoms with Gasteiger partial charge in [0.1, 0.15) is 5.75 Å². The van der Waals surface area contributed by atoms with Crippen LogP contribution in [0.25, 0.3) is 0 Å². The van der Waals surface area contributed by atoms with E-state index in [1.807, 2.05) is 0 Å². The highest BCUT2D eigenvalue weighted by Gasteiger charge is 2.25. The summed E-state index contributed by atoms with van der Waals surface area (Å²) < 4.78 is 15.4. The Morgan fingerprint density at radius 1 is 1.56 bits per heavy atom. The van der Waals surface area contributed by atoms with Gasteiger partial charge >= 0.3 is 5.69 Å². The summed E-state index contributed by atoms with van der Waals surface area (Å²) in [5.74, 6) is 0.861. The third kappa shape index (κ3) is 1.57. The Kier molecular flexibility index (Phi) is 2.66. The number of nitrogens with zero attached hydrogens (tertiary/aromatic N) is 1. The standard InChI is InChI=1S/C10H11NO5/c1-6-9-7(4-15-5-16-9)3-8(11(12)13)10(6)14-2/h3H,4-5H2,1-2H3. The summed E-state index contributed by atoms with van der Waals surface area (Å²) in [7, 11) is 1.40. The summed E-state index contributed by atoms with van der Waals surface area (Å²) in [5, 5.41) is 10.9. The second kappa shape index (κ2) is 3.97. The van der Waals surface area contributed by atoms with Crippen molar-refractivity contribution >= 4 is 5.69 Å². The van der Waals surface area contributed by atoms with Crippen molar-refractivity contribution in [1.29, 1.82) is 0 Å². The highest BCUT2D eigenvalue weighted by Crippen LogP contribution is 2.40. The van der Waals surface area contributed by atoms with Gasteiger partial charge in [0.2, 0.25) is 5.75 Å². The quantitative estimate of drug-likeness (QED) is 0.566. The number of hydrogen-bond acceptors (Lipinski definition) is 5.